The SMILES string of the molecule is Cc1cc(Br)c2c(c1)CN1CN2Cc2cc(C)cc(Br)c21. The first-order valence-electron chi connectivity index (χ1n) is 7.11. The third-order valence-electron chi connectivity index (χ3n) is 4.27. The van der Waals surface area contributed by atoms with E-state index in [2.05, 4.69) is 79.8 Å². The maximum Gasteiger partial charge on any atom is 0.0910 e. The van der Waals surface area contributed by atoms with Gasteiger partial charge in [-0.3, -0.25) is 0 Å². The fourth-order valence-electron chi connectivity index (χ4n) is 3.58. The van der Waals surface area contributed by atoms with Crippen molar-refractivity contribution in [2.75, 3.05) is 16.5 Å². The Kier molecular flexibility index (Phi) is 3.09. The summed E-state index contributed by atoms with van der Waals surface area (Å²) in [6.45, 7) is 7.23. The molecule has 2 aromatic carbocycles. The summed E-state index contributed by atoms with van der Waals surface area (Å²) in [5.74, 6) is 0. The molecule has 0 aromatic heterocycles. The topological polar surface area (TPSA) is 6.48 Å². The van der Waals surface area contributed by atoms with E-state index in [4.69, 9.17) is 0 Å². The Morgan fingerprint density at radius 3 is 1.62 bits per heavy atom. The first-order chi connectivity index (χ1) is 10.0. The van der Waals surface area contributed by atoms with Gasteiger partial charge in [0.15, 0.2) is 0 Å². The third-order valence-corrected chi connectivity index (χ3v) is 5.48. The number of aryl methyl sites for hydroxylation is 2. The van der Waals surface area contributed by atoms with Crippen LogP contribution in [0, 0.1) is 13.8 Å². The number of nitrogens with zero attached hydrogens (tertiary/aromatic N) is 2. The van der Waals surface area contributed by atoms with Crippen LogP contribution in [0.2, 0.25) is 0 Å². The number of anilines is 2. The van der Waals surface area contributed by atoms with Crippen LogP contribution in [-0.2, 0) is 13.1 Å². The molecular weight excluding hydrogens is 392 g/mol. The van der Waals surface area contributed by atoms with Gasteiger partial charge in [0.25, 0.3) is 0 Å². The van der Waals surface area contributed by atoms with Crippen LogP contribution in [0.1, 0.15) is 22.3 Å². The molecule has 0 saturated carbocycles. The van der Waals surface area contributed by atoms with E-state index in [1.54, 1.807) is 0 Å². The number of hydrogen-bond acceptors (Lipinski definition) is 2. The Balaban J connectivity index is 1.89. The molecule has 4 rings (SSSR count). The zero-order valence-corrected chi connectivity index (χ0v) is 15.3. The first kappa shape index (κ1) is 13.6. The number of benzene rings is 2. The zero-order chi connectivity index (χ0) is 14.7. The summed E-state index contributed by atoms with van der Waals surface area (Å²) in [7, 11) is 0. The zero-order valence-electron chi connectivity index (χ0n) is 12.1. The Morgan fingerprint density at radius 1 is 0.762 bits per heavy atom. The van der Waals surface area contributed by atoms with Gasteiger partial charge >= 0.3 is 0 Å². The normalized spacial score (nSPS) is 15.8. The molecule has 0 amide bonds. The molecule has 0 saturated heterocycles. The van der Waals surface area contributed by atoms with Gasteiger partial charge in [-0.1, -0.05) is 12.1 Å². The second kappa shape index (κ2) is 4.75. The predicted octanol–water partition coefficient (Wildman–Crippen LogP) is 5.13. The monoisotopic (exact) mass is 406 g/mol. The van der Waals surface area contributed by atoms with Gasteiger partial charge in [0.2, 0.25) is 0 Å². The Hall–Kier alpha value is -1.000. The van der Waals surface area contributed by atoms with E-state index in [1.165, 1.54) is 42.6 Å². The van der Waals surface area contributed by atoms with Gasteiger partial charge in [-0.2, -0.15) is 0 Å². The van der Waals surface area contributed by atoms with Crippen molar-refractivity contribution >= 4 is 43.2 Å². The number of halogens is 2. The van der Waals surface area contributed by atoms with Crippen LogP contribution in [0.5, 0.6) is 0 Å². The third kappa shape index (κ3) is 2.11. The van der Waals surface area contributed by atoms with E-state index in [-0.39, 0.29) is 0 Å². The van der Waals surface area contributed by atoms with Crippen molar-refractivity contribution in [3.05, 3.63) is 55.5 Å². The smallest absolute Gasteiger partial charge is 0.0910 e. The minimum atomic E-state index is 0.962. The average molecular weight is 408 g/mol. The quantitative estimate of drug-likeness (QED) is 0.597. The fourth-order valence-corrected chi connectivity index (χ4v) is 5.31. The molecule has 0 N–H and O–H groups in total. The van der Waals surface area contributed by atoms with Gasteiger partial charge in [0.1, 0.15) is 0 Å². The molecule has 2 aliphatic rings. The molecule has 4 heteroatoms. The number of fused-ring (bicyclic) bond motifs is 6. The van der Waals surface area contributed by atoms with Crippen LogP contribution >= 0.6 is 31.9 Å². The van der Waals surface area contributed by atoms with E-state index < -0.39 is 0 Å². The van der Waals surface area contributed by atoms with Crippen molar-refractivity contribution < 1.29 is 0 Å². The summed E-state index contributed by atoms with van der Waals surface area (Å²) in [6.07, 6.45) is 0. The van der Waals surface area contributed by atoms with E-state index in [1.807, 2.05) is 0 Å². The standard InChI is InChI=1S/C17H16Br2N2/c1-10-3-12-7-20-9-21(16(12)14(18)5-10)8-13-4-11(2)6-15(19)17(13)20/h3-6H,7-9H2,1-2H3. The minimum absolute atomic E-state index is 0.962. The second-order valence-corrected chi connectivity index (χ2v) is 7.75. The molecule has 2 bridgehead atoms. The summed E-state index contributed by atoms with van der Waals surface area (Å²) < 4.78 is 2.43. The fraction of sp³-hybridized carbons (Fsp3) is 0.294. The van der Waals surface area contributed by atoms with Crippen molar-refractivity contribution in [3.63, 3.8) is 0 Å². The van der Waals surface area contributed by atoms with Crippen LogP contribution in [0.15, 0.2) is 33.2 Å². The lowest BCUT2D eigenvalue weighted by atomic mass is 9.99. The second-order valence-electron chi connectivity index (χ2n) is 6.05. The summed E-state index contributed by atoms with van der Waals surface area (Å²) in [6, 6.07) is 9.06. The number of hydrogen-bond donors (Lipinski definition) is 0. The molecule has 0 spiro atoms. The summed E-state index contributed by atoms with van der Waals surface area (Å²) >= 11 is 7.52. The van der Waals surface area contributed by atoms with Gasteiger partial charge in [0.05, 0.1) is 18.0 Å². The van der Waals surface area contributed by atoms with Crippen molar-refractivity contribution in [1.82, 2.24) is 0 Å². The molecule has 2 aliphatic heterocycles. The van der Waals surface area contributed by atoms with Crippen LogP contribution in [0.4, 0.5) is 11.4 Å². The number of rotatable bonds is 0. The lowest BCUT2D eigenvalue weighted by Crippen LogP contribution is -2.46. The van der Waals surface area contributed by atoms with Gasteiger partial charge in [-0.15, -0.1) is 0 Å². The lowest BCUT2D eigenvalue weighted by Gasteiger charge is -2.45. The molecule has 21 heavy (non-hydrogen) atoms. The highest BCUT2D eigenvalue weighted by atomic mass is 79.9. The lowest BCUT2D eigenvalue weighted by molar-refractivity contribution is 0.647. The summed E-state index contributed by atoms with van der Waals surface area (Å²) in [5, 5.41) is 0. The van der Waals surface area contributed by atoms with Crippen LogP contribution in [0.25, 0.3) is 0 Å². The Labute approximate surface area is 142 Å². The van der Waals surface area contributed by atoms with Gasteiger partial charge in [-0.05, 0) is 80.1 Å². The molecular formula is C17H16Br2N2. The van der Waals surface area contributed by atoms with E-state index >= 15 is 0 Å². The molecule has 0 unspecified atom stereocenters. The molecule has 0 radical (unpaired) electrons. The van der Waals surface area contributed by atoms with E-state index in [0.29, 0.717) is 0 Å². The molecule has 0 aliphatic carbocycles. The van der Waals surface area contributed by atoms with Gasteiger partial charge in [-0.25, -0.2) is 0 Å². The Morgan fingerprint density at radius 2 is 1.19 bits per heavy atom. The minimum Gasteiger partial charge on any atom is -0.348 e. The molecule has 0 fully saturated rings. The largest absolute Gasteiger partial charge is 0.348 e. The molecule has 108 valence electrons. The van der Waals surface area contributed by atoms with Crippen LogP contribution < -0.4 is 9.80 Å². The van der Waals surface area contributed by atoms with Gasteiger partial charge < -0.3 is 9.80 Å². The van der Waals surface area contributed by atoms with Crippen molar-refractivity contribution in [2.45, 2.75) is 26.9 Å². The highest BCUT2D eigenvalue weighted by Crippen LogP contribution is 2.44. The van der Waals surface area contributed by atoms with Crippen LogP contribution in [0.3, 0.4) is 0 Å². The van der Waals surface area contributed by atoms with E-state index in [0.717, 1.165) is 19.8 Å². The molecule has 2 heterocycles. The summed E-state index contributed by atoms with van der Waals surface area (Å²) in [4.78, 5) is 4.94. The molecule has 2 nitrogen and oxygen atoms in total. The highest BCUT2D eigenvalue weighted by molar-refractivity contribution is 9.11. The highest BCUT2D eigenvalue weighted by Gasteiger charge is 2.32. The van der Waals surface area contributed by atoms with Crippen molar-refractivity contribution in [2.24, 2.45) is 0 Å². The Bertz CT molecular complexity index is 691. The van der Waals surface area contributed by atoms with Crippen molar-refractivity contribution in [1.29, 1.82) is 0 Å². The van der Waals surface area contributed by atoms with Crippen molar-refractivity contribution in [3.8, 4) is 0 Å². The average Bonchev–Trinajstić information content (AvgIpc) is 2.35. The molecule has 0 atom stereocenters. The summed E-state index contributed by atoms with van der Waals surface area (Å²) in [5.41, 5.74) is 8.16. The van der Waals surface area contributed by atoms with Crippen LogP contribution in [-0.4, -0.2) is 6.67 Å². The predicted molar refractivity (Wildman–Crippen MR) is 95.0 cm³/mol. The maximum atomic E-state index is 3.76. The first-order valence-corrected chi connectivity index (χ1v) is 8.69. The maximum absolute atomic E-state index is 3.76. The molecule has 2 aromatic rings. The van der Waals surface area contributed by atoms with Gasteiger partial charge in [0, 0.05) is 22.0 Å². The van der Waals surface area contributed by atoms with E-state index in [9.17, 15) is 0 Å².